The number of aliphatic hydroxyl groups is 1. The van der Waals surface area contributed by atoms with Gasteiger partial charge in [-0.25, -0.2) is 0 Å². The van der Waals surface area contributed by atoms with Crippen molar-refractivity contribution >= 4 is 5.57 Å². The van der Waals surface area contributed by atoms with Crippen LogP contribution >= 0.6 is 0 Å². The molecule has 0 unspecified atom stereocenters. The van der Waals surface area contributed by atoms with Crippen LogP contribution < -0.4 is 4.74 Å². The lowest BCUT2D eigenvalue weighted by Crippen LogP contribution is -2.07. The smallest absolute Gasteiger partial charge is 0.119 e. The van der Waals surface area contributed by atoms with Crippen LogP contribution in [0.1, 0.15) is 52.0 Å². The average molecular weight is 302 g/mol. The first kappa shape index (κ1) is 18.5. The number of ether oxygens (including phenoxy) is 1. The van der Waals surface area contributed by atoms with Crippen molar-refractivity contribution in [3.8, 4) is 5.75 Å². The van der Waals surface area contributed by atoms with E-state index in [1.165, 1.54) is 25.7 Å². The second-order valence-corrected chi connectivity index (χ2v) is 5.31. The van der Waals surface area contributed by atoms with Gasteiger partial charge in [0.2, 0.25) is 0 Å². The third-order valence-corrected chi connectivity index (χ3v) is 3.86. The highest BCUT2D eigenvalue weighted by Gasteiger charge is 2.15. The molecule has 1 aliphatic rings. The molecule has 0 bridgehead atoms. The quantitative estimate of drug-likeness (QED) is 0.729. The predicted octanol–water partition coefficient (Wildman–Crippen LogP) is 5.23. The van der Waals surface area contributed by atoms with Gasteiger partial charge in [-0.3, -0.25) is 0 Å². The van der Waals surface area contributed by atoms with Crippen molar-refractivity contribution in [3.05, 3.63) is 48.1 Å². The summed E-state index contributed by atoms with van der Waals surface area (Å²) in [5, 5.41) is 8.84. The van der Waals surface area contributed by atoms with Gasteiger partial charge in [-0.1, -0.05) is 57.0 Å². The zero-order valence-electron chi connectivity index (χ0n) is 14.2. The summed E-state index contributed by atoms with van der Waals surface area (Å²) < 4.78 is 5.86. The fourth-order valence-corrected chi connectivity index (χ4v) is 2.67. The minimum Gasteiger partial charge on any atom is -0.493 e. The normalized spacial score (nSPS) is 15.7. The summed E-state index contributed by atoms with van der Waals surface area (Å²) in [6.45, 7) is 6.92. The van der Waals surface area contributed by atoms with E-state index in [0.29, 0.717) is 0 Å². The number of allylic oxidation sites excluding steroid dienone is 3. The summed E-state index contributed by atoms with van der Waals surface area (Å²) >= 11 is 0. The van der Waals surface area contributed by atoms with E-state index in [1.807, 2.05) is 45.1 Å². The van der Waals surface area contributed by atoms with E-state index in [-0.39, 0.29) is 6.61 Å². The van der Waals surface area contributed by atoms with Crippen LogP contribution in [0, 0.1) is 5.92 Å². The average Bonchev–Trinajstić information content (AvgIpc) is 3.10. The molecule has 1 aliphatic carbocycles. The zero-order chi connectivity index (χ0) is 16.2. The molecule has 22 heavy (non-hydrogen) atoms. The lowest BCUT2D eigenvalue weighted by molar-refractivity contribution is 0.252. The number of aliphatic hydroxyl groups excluding tert-OH is 1. The Bertz CT molecular complexity index is 451. The van der Waals surface area contributed by atoms with Crippen molar-refractivity contribution in [1.29, 1.82) is 0 Å². The van der Waals surface area contributed by atoms with Crippen molar-refractivity contribution < 1.29 is 9.84 Å². The van der Waals surface area contributed by atoms with Crippen LogP contribution in [0.3, 0.4) is 0 Å². The van der Waals surface area contributed by atoms with Crippen LogP contribution in [-0.2, 0) is 0 Å². The Labute approximate surface area is 135 Å². The Morgan fingerprint density at radius 1 is 1.18 bits per heavy atom. The van der Waals surface area contributed by atoms with E-state index < -0.39 is 0 Å². The molecule has 2 heteroatoms. The molecule has 1 aromatic carbocycles. The van der Waals surface area contributed by atoms with Gasteiger partial charge in [0.25, 0.3) is 0 Å². The standard InChI is InChI=1S/C18H24O2.C2H6/c1-2-16(8-5-13-19)17-9-11-18(12-10-17)20-14-15-6-3-4-7-15;1-2/h2,5,8-12,15,19H,3-4,6-7,13-14H2,1H3;1-2H3/b8-5-,16-2+;. The summed E-state index contributed by atoms with van der Waals surface area (Å²) in [5.74, 6) is 1.69. The molecule has 0 spiro atoms. The summed E-state index contributed by atoms with van der Waals surface area (Å²) in [5.41, 5.74) is 2.26. The van der Waals surface area contributed by atoms with E-state index in [9.17, 15) is 0 Å². The molecule has 2 rings (SSSR count). The third kappa shape index (κ3) is 6.07. The van der Waals surface area contributed by atoms with Crippen LogP contribution in [0.15, 0.2) is 42.5 Å². The van der Waals surface area contributed by atoms with Gasteiger partial charge in [0, 0.05) is 0 Å². The first-order valence-corrected chi connectivity index (χ1v) is 8.50. The van der Waals surface area contributed by atoms with Crippen LogP contribution in [0.2, 0.25) is 0 Å². The molecule has 1 fully saturated rings. The zero-order valence-corrected chi connectivity index (χ0v) is 14.2. The maximum atomic E-state index is 8.84. The van der Waals surface area contributed by atoms with E-state index >= 15 is 0 Å². The van der Waals surface area contributed by atoms with Crippen molar-refractivity contribution in [2.45, 2.75) is 46.5 Å². The molecule has 0 aromatic heterocycles. The van der Waals surface area contributed by atoms with E-state index in [1.54, 1.807) is 6.08 Å². The van der Waals surface area contributed by atoms with Crippen molar-refractivity contribution in [1.82, 2.24) is 0 Å². The van der Waals surface area contributed by atoms with Crippen molar-refractivity contribution in [2.75, 3.05) is 13.2 Å². The fourth-order valence-electron chi connectivity index (χ4n) is 2.67. The molecule has 2 nitrogen and oxygen atoms in total. The largest absolute Gasteiger partial charge is 0.493 e. The minimum atomic E-state index is 0.0694. The third-order valence-electron chi connectivity index (χ3n) is 3.86. The molecule has 0 heterocycles. The lowest BCUT2D eigenvalue weighted by Gasteiger charge is -2.12. The lowest BCUT2D eigenvalue weighted by atomic mass is 10.1. The molecule has 0 radical (unpaired) electrons. The molecule has 1 saturated carbocycles. The summed E-state index contributed by atoms with van der Waals surface area (Å²) in [6.07, 6.45) is 11.1. The minimum absolute atomic E-state index is 0.0694. The van der Waals surface area contributed by atoms with Gasteiger partial charge in [-0.15, -0.1) is 0 Å². The van der Waals surface area contributed by atoms with E-state index in [0.717, 1.165) is 29.4 Å². The molecule has 0 amide bonds. The Morgan fingerprint density at radius 2 is 1.82 bits per heavy atom. The van der Waals surface area contributed by atoms with E-state index in [2.05, 4.69) is 12.1 Å². The highest BCUT2D eigenvalue weighted by molar-refractivity contribution is 5.73. The van der Waals surface area contributed by atoms with Gasteiger partial charge in [0.1, 0.15) is 5.75 Å². The Balaban J connectivity index is 0.00000116. The molecule has 122 valence electrons. The maximum absolute atomic E-state index is 8.84. The topological polar surface area (TPSA) is 29.5 Å². The summed E-state index contributed by atoms with van der Waals surface area (Å²) in [6, 6.07) is 8.20. The van der Waals surface area contributed by atoms with Gasteiger partial charge in [0.15, 0.2) is 0 Å². The van der Waals surface area contributed by atoms with Crippen LogP contribution in [0.25, 0.3) is 5.57 Å². The summed E-state index contributed by atoms with van der Waals surface area (Å²) in [4.78, 5) is 0. The number of hydrogen-bond donors (Lipinski definition) is 1. The first-order chi connectivity index (χ1) is 10.8. The van der Waals surface area contributed by atoms with Gasteiger partial charge in [-0.05, 0) is 49.0 Å². The molecule has 1 N–H and O–H groups in total. The molecule has 0 saturated heterocycles. The Hall–Kier alpha value is -1.54. The fraction of sp³-hybridized carbons (Fsp3) is 0.500. The SMILES string of the molecule is C/C=C(\C=C/CO)c1ccc(OCC2CCCC2)cc1.CC. The van der Waals surface area contributed by atoms with Crippen LogP contribution in [0.4, 0.5) is 0 Å². The van der Waals surface area contributed by atoms with E-state index in [4.69, 9.17) is 9.84 Å². The van der Waals surface area contributed by atoms with Gasteiger partial charge in [-0.2, -0.15) is 0 Å². The van der Waals surface area contributed by atoms with Crippen molar-refractivity contribution in [2.24, 2.45) is 5.92 Å². The van der Waals surface area contributed by atoms with Crippen molar-refractivity contribution in [3.63, 3.8) is 0 Å². The van der Waals surface area contributed by atoms with Gasteiger partial charge < -0.3 is 9.84 Å². The number of hydrogen-bond acceptors (Lipinski definition) is 2. The molecule has 0 aliphatic heterocycles. The molecule has 1 aromatic rings. The molecular weight excluding hydrogens is 272 g/mol. The number of rotatable bonds is 6. The van der Waals surface area contributed by atoms with Gasteiger partial charge >= 0.3 is 0 Å². The summed E-state index contributed by atoms with van der Waals surface area (Å²) in [7, 11) is 0. The molecule has 0 atom stereocenters. The van der Waals surface area contributed by atoms with Gasteiger partial charge in [0.05, 0.1) is 13.2 Å². The highest BCUT2D eigenvalue weighted by atomic mass is 16.5. The predicted molar refractivity (Wildman–Crippen MR) is 95.1 cm³/mol. The second kappa shape index (κ2) is 11.1. The highest BCUT2D eigenvalue weighted by Crippen LogP contribution is 2.26. The second-order valence-electron chi connectivity index (χ2n) is 5.31. The van der Waals surface area contributed by atoms with Crippen LogP contribution in [0.5, 0.6) is 5.75 Å². The monoisotopic (exact) mass is 302 g/mol. The Kier molecular flexibility index (Phi) is 9.33. The van der Waals surface area contributed by atoms with Crippen LogP contribution in [-0.4, -0.2) is 18.3 Å². The maximum Gasteiger partial charge on any atom is 0.119 e. The Morgan fingerprint density at radius 3 is 2.36 bits per heavy atom. The first-order valence-electron chi connectivity index (χ1n) is 8.50. The number of benzene rings is 1. The molecular formula is C20H30O2.